The summed E-state index contributed by atoms with van der Waals surface area (Å²) in [5, 5.41) is 5.64. The summed E-state index contributed by atoms with van der Waals surface area (Å²) in [6.07, 6.45) is 8.64. The van der Waals surface area contributed by atoms with E-state index in [0.29, 0.717) is 6.54 Å². The third-order valence-electron chi connectivity index (χ3n) is 5.03. The maximum Gasteiger partial charge on any atom is 0.231 e. The standard InChI is InChI=1S/C17H25N3O2S/c1-20(16(22)13-8-4-5-9-13)17-19-14(11-23-17)10-18-15(21)12-6-2-3-7-12/h11-13H,2-10H2,1H3,(H,18,21). The molecule has 126 valence electrons. The van der Waals surface area contributed by atoms with E-state index in [1.807, 2.05) is 5.38 Å². The lowest BCUT2D eigenvalue weighted by atomic mass is 10.1. The van der Waals surface area contributed by atoms with Crippen molar-refractivity contribution in [2.24, 2.45) is 11.8 Å². The molecule has 5 nitrogen and oxygen atoms in total. The molecule has 1 aromatic rings. The van der Waals surface area contributed by atoms with Crippen molar-refractivity contribution in [1.82, 2.24) is 10.3 Å². The second-order valence-electron chi connectivity index (χ2n) is 6.70. The van der Waals surface area contributed by atoms with E-state index in [1.165, 1.54) is 11.3 Å². The SMILES string of the molecule is CN(C(=O)C1CCCC1)c1nc(CNC(=O)C2CCCC2)cs1. The zero-order valence-electron chi connectivity index (χ0n) is 13.7. The third-order valence-corrected chi connectivity index (χ3v) is 6.00. The zero-order valence-corrected chi connectivity index (χ0v) is 14.5. The van der Waals surface area contributed by atoms with Gasteiger partial charge in [0.1, 0.15) is 0 Å². The minimum absolute atomic E-state index is 0.146. The summed E-state index contributed by atoms with van der Waals surface area (Å²) in [5.74, 6) is 0.667. The first-order chi connectivity index (χ1) is 11.1. The van der Waals surface area contributed by atoms with Crippen LogP contribution in [0.1, 0.15) is 57.1 Å². The fourth-order valence-corrected chi connectivity index (χ4v) is 4.38. The molecule has 0 aliphatic heterocycles. The molecule has 0 aromatic carbocycles. The topological polar surface area (TPSA) is 62.3 Å². The molecule has 2 amide bonds. The summed E-state index contributed by atoms with van der Waals surface area (Å²) >= 11 is 1.47. The second-order valence-corrected chi connectivity index (χ2v) is 7.54. The summed E-state index contributed by atoms with van der Waals surface area (Å²) in [6, 6.07) is 0. The first kappa shape index (κ1) is 16.4. The van der Waals surface area contributed by atoms with E-state index in [9.17, 15) is 9.59 Å². The first-order valence-electron chi connectivity index (χ1n) is 8.65. The first-order valence-corrected chi connectivity index (χ1v) is 9.53. The number of nitrogens with one attached hydrogen (secondary N) is 1. The number of hydrogen-bond acceptors (Lipinski definition) is 4. The van der Waals surface area contributed by atoms with Gasteiger partial charge in [-0.2, -0.15) is 0 Å². The van der Waals surface area contributed by atoms with E-state index in [-0.39, 0.29) is 23.7 Å². The number of aromatic nitrogens is 1. The van der Waals surface area contributed by atoms with Crippen molar-refractivity contribution in [3.8, 4) is 0 Å². The Bertz CT molecular complexity index is 560. The summed E-state index contributed by atoms with van der Waals surface area (Å²) in [5.41, 5.74) is 0.836. The average molecular weight is 335 g/mol. The Morgan fingerprint density at radius 2 is 1.78 bits per heavy atom. The third kappa shape index (κ3) is 3.91. The largest absolute Gasteiger partial charge is 0.350 e. The number of nitrogens with zero attached hydrogens (tertiary/aromatic N) is 2. The van der Waals surface area contributed by atoms with E-state index in [0.717, 1.165) is 62.2 Å². The van der Waals surface area contributed by atoms with Crippen LogP contribution in [0.15, 0.2) is 5.38 Å². The molecule has 6 heteroatoms. The maximum atomic E-state index is 12.4. The van der Waals surface area contributed by atoms with Gasteiger partial charge in [0.25, 0.3) is 0 Å². The van der Waals surface area contributed by atoms with Gasteiger partial charge in [0, 0.05) is 24.3 Å². The van der Waals surface area contributed by atoms with Crippen molar-refractivity contribution in [3.63, 3.8) is 0 Å². The van der Waals surface area contributed by atoms with Gasteiger partial charge in [-0.05, 0) is 25.7 Å². The second kappa shape index (κ2) is 7.43. The smallest absolute Gasteiger partial charge is 0.231 e. The molecule has 2 aliphatic carbocycles. The van der Waals surface area contributed by atoms with Gasteiger partial charge in [0.15, 0.2) is 5.13 Å². The molecule has 0 spiro atoms. The zero-order chi connectivity index (χ0) is 16.2. The number of amides is 2. The molecular weight excluding hydrogens is 310 g/mol. The lowest BCUT2D eigenvalue weighted by molar-refractivity contribution is -0.125. The van der Waals surface area contributed by atoms with E-state index in [1.54, 1.807) is 11.9 Å². The number of carbonyl (C=O) groups excluding carboxylic acids is 2. The van der Waals surface area contributed by atoms with Crippen LogP contribution in [0.4, 0.5) is 5.13 Å². The highest BCUT2D eigenvalue weighted by molar-refractivity contribution is 7.14. The van der Waals surface area contributed by atoms with Crippen molar-refractivity contribution in [1.29, 1.82) is 0 Å². The van der Waals surface area contributed by atoms with Crippen LogP contribution in [0.3, 0.4) is 0 Å². The normalized spacial score (nSPS) is 19.2. The Morgan fingerprint density at radius 1 is 1.17 bits per heavy atom. The Labute approximate surface area is 141 Å². The van der Waals surface area contributed by atoms with Crippen molar-refractivity contribution in [3.05, 3.63) is 11.1 Å². The molecule has 3 rings (SSSR count). The van der Waals surface area contributed by atoms with Gasteiger partial charge in [-0.25, -0.2) is 4.98 Å². The lowest BCUT2D eigenvalue weighted by Crippen LogP contribution is -2.31. The van der Waals surface area contributed by atoms with Gasteiger partial charge < -0.3 is 5.32 Å². The van der Waals surface area contributed by atoms with Crippen molar-refractivity contribution < 1.29 is 9.59 Å². The van der Waals surface area contributed by atoms with E-state index in [4.69, 9.17) is 0 Å². The van der Waals surface area contributed by atoms with Crippen LogP contribution in [0.25, 0.3) is 0 Å². The molecule has 0 radical (unpaired) electrons. The maximum absolute atomic E-state index is 12.4. The fraction of sp³-hybridized carbons (Fsp3) is 0.706. The molecule has 1 N–H and O–H groups in total. The molecule has 2 aliphatic rings. The van der Waals surface area contributed by atoms with Crippen LogP contribution in [-0.4, -0.2) is 23.8 Å². The Morgan fingerprint density at radius 3 is 2.43 bits per heavy atom. The molecule has 1 aromatic heterocycles. The van der Waals surface area contributed by atoms with Gasteiger partial charge in [-0.3, -0.25) is 14.5 Å². The van der Waals surface area contributed by atoms with Crippen molar-refractivity contribution in [2.45, 2.75) is 57.9 Å². The average Bonchev–Trinajstić information content (AvgIpc) is 3.33. The number of thiazole rings is 1. The summed E-state index contributed by atoms with van der Waals surface area (Å²) in [7, 11) is 1.81. The summed E-state index contributed by atoms with van der Waals surface area (Å²) < 4.78 is 0. The number of hydrogen-bond donors (Lipinski definition) is 1. The number of rotatable bonds is 5. The van der Waals surface area contributed by atoms with Gasteiger partial charge >= 0.3 is 0 Å². The van der Waals surface area contributed by atoms with Gasteiger partial charge in [0.2, 0.25) is 11.8 Å². The molecule has 2 saturated carbocycles. The minimum Gasteiger partial charge on any atom is -0.350 e. The van der Waals surface area contributed by atoms with E-state index in [2.05, 4.69) is 10.3 Å². The van der Waals surface area contributed by atoms with Gasteiger partial charge in [-0.15, -0.1) is 11.3 Å². The monoisotopic (exact) mass is 335 g/mol. The fourth-order valence-electron chi connectivity index (χ4n) is 3.58. The van der Waals surface area contributed by atoms with Gasteiger partial charge in [0.05, 0.1) is 12.2 Å². The van der Waals surface area contributed by atoms with Crippen LogP contribution in [0, 0.1) is 11.8 Å². The summed E-state index contributed by atoms with van der Waals surface area (Å²) in [6.45, 7) is 0.456. The molecule has 1 heterocycles. The highest BCUT2D eigenvalue weighted by Crippen LogP contribution is 2.29. The van der Waals surface area contributed by atoms with Crippen molar-refractivity contribution in [2.75, 3.05) is 11.9 Å². The van der Waals surface area contributed by atoms with Crippen molar-refractivity contribution >= 4 is 28.3 Å². The molecule has 0 atom stereocenters. The van der Waals surface area contributed by atoms with Crippen LogP contribution in [-0.2, 0) is 16.1 Å². The lowest BCUT2D eigenvalue weighted by Gasteiger charge is -2.18. The Kier molecular flexibility index (Phi) is 5.30. The minimum atomic E-state index is 0.146. The number of carbonyl (C=O) groups is 2. The number of anilines is 1. The van der Waals surface area contributed by atoms with E-state index >= 15 is 0 Å². The highest BCUT2D eigenvalue weighted by Gasteiger charge is 2.27. The Balaban J connectivity index is 1.52. The molecule has 2 fully saturated rings. The van der Waals surface area contributed by atoms with Crippen LogP contribution in [0.2, 0.25) is 0 Å². The van der Waals surface area contributed by atoms with Crippen LogP contribution >= 0.6 is 11.3 Å². The van der Waals surface area contributed by atoms with E-state index < -0.39 is 0 Å². The van der Waals surface area contributed by atoms with Crippen LogP contribution in [0.5, 0.6) is 0 Å². The quantitative estimate of drug-likeness (QED) is 0.899. The predicted octanol–water partition coefficient (Wildman–Crippen LogP) is 3.10. The predicted molar refractivity (Wildman–Crippen MR) is 91.3 cm³/mol. The molecule has 23 heavy (non-hydrogen) atoms. The molecule has 0 unspecified atom stereocenters. The van der Waals surface area contributed by atoms with Crippen LogP contribution < -0.4 is 10.2 Å². The molecule has 0 saturated heterocycles. The van der Waals surface area contributed by atoms with Gasteiger partial charge in [-0.1, -0.05) is 25.7 Å². The highest BCUT2D eigenvalue weighted by atomic mass is 32.1. The Hall–Kier alpha value is -1.43. The summed E-state index contributed by atoms with van der Waals surface area (Å²) in [4.78, 5) is 30.7. The molecule has 0 bridgehead atoms. The molecular formula is C17H25N3O2S.